The second-order valence-electron chi connectivity index (χ2n) is 9.19. The van der Waals surface area contributed by atoms with Crippen LogP contribution in [0.5, 0.6) is 5.75 Å². The quantitative estimate of drug-likeness (QED) is 0.742. The van der Waals surface area contributed by atoms with Gasteiger partial charge in [-0.3, -0.25) is 4.79 Å². The van der Waals surface area contributed by atoms with Gasteiger partial charge in [-0.05, 0) is 50.0 Å². The lowest BCUT2D eigenvalue weighted by Gasteiger charge is -2.58. The molecular weight excluding hydrogens is 411 g/mol. The van der Waals surface area contributed by atoms with Crippen molar-refractivity contribution in [1.29, 1.82) is 0 Å². The summed E-state index contributed by atoms with van der Waals surface area (Å²) in [5.74, 6) is 0.558. The number of imidazole rings is 1. The van der Waals surface area contributed by atoms with Crippen LogP contribution < -0.4 is 15.8 Å². The van der Waals surface area contributed by atoms with Crippen molar-refractivity contribution in [3.63, 3.8) is 0 Å². The zero-order valence-corrected chi connectivity index (χ0v) is 17.1. The van der Waals surface area contributed by atoms with Gasteiger partial charge >= 0.3 is 6.36 Å². The highest BCUT2D eigenvalue weighted by Gasteiger charge is 2.54. The van der Waals surface area contributed by atoms with E-state index in [1.54, 1.807) is 6.92 Å². The van der Waals surface area contributed by atoms with Gasteiger partial charge in [0.05, 0.1) is 5.69 Å². The molecule has 0 bridgehead atoms. The van der Waals surface area contributed by atoms with Crippen LogP contribution in [0.25, 0.3) is 11.3 Å². The van der Waals surface area contributed by atoms with Crippen LogP contribution in [0.3, 0.4) is 0 Å². The third-order valence-corrected chi connectivity index (χ3v) is 6.60. The number of hydrogen-bond acceptors (Lipinski definition) is 5. The first kappa shape index (κ1) is 20.1. The molecular formula is C21H24F3N5O2. The fourth-order valence-corrected chi connectivity index (χ4v) is 5.13. The van der Waals surface area contributed by atoms with Gasteiger partial charge in [0.1, 0.15) is 5.82 Å². The molecule has 3 aliphatic rings. The van der Waals surface area contributed by atoms with Crippen LogP contribution >= 0.6 is 0 Å². The summed E-state index contributed by atoms with van der Waals surface area (Å²) in [5.41, 5.74) is 6.86. The number of amides is 1. The predicted octanol–water partition coefficient (Wildman–Crippen LogP) is 3.92. The van der Waals surface area contributed by atoms with Crippen molar-refractivity contribution in [1.82, 2.24) is 19.9 Å². The van der Waals surface area contributed by atoms with E-state index in [4.69, 9.17) is 10.7 Å². The van der Waals surface area contributed by atoms with Crippen molar-refractivity contribution in [2.45, 2.75) is 69.8 Å². The number of aromatic nitrogens is 3. The Balaban J connectivity index is 1.35. The second kappa shape index (κ2) is 6.86. The molecule has 0 atom stereocenters. The Morgan fingerprint density at radius 1 is 1.29 bits per heavy atom. The SMILES string of the molecule is CC(=O)NC1CC2(C1)CC(n1cc(-c3cnc(N)c(OC(F)(F)F)c3)nc1C1CC1)C2. The van der Waals surface area contributed by atoms with E-state index in [1.165, 1.54) is 12.3 Å². The number of carbonyl (C=O) groups excluding carboxylic acids is 1. The number of ether oxygens (including phenoxy) is 1. The molecule has 1 amide bonds. The minimum absolute atomic E-state index is 0.0111. The lowest BCUT2D eigenvalue weighted by molar-refractivity contribution is -0.274. The van der Waals surface area contributed by atoms with Crippen molar-refractivity contribution in [3.05, 3.63) is 24.3 Å². The van der Waals surface area contributed by atoms with Crippen LogP contribution in [0, 0.1) is 5.41 Å². The highest BCUT2D eigenvalue weighted by molar-refractivity contribution is 5.73. The Bertz CT molecular complexity index is 1020. The molecule has 3 N–H and O–H groups in total. The zero-order chi connectivity index (χ0) is 22.0. The maximum absolute atomic E-state index is 12.7. The van der Waals surface area contributed by atoms with Crippen LogP contribution in [0.1, 0.15) is 63.2 Å². The van der Waals surface area contributed by atoms with E-state index in [9.17, 15) is 18.0 Å². The first-order valence-corrected chi connectivity index (χ1v) is 10.5. The molecule has 3 aliphatic carbocycles. The number of nitrogens with one attached hydrogen (secondary N) is 1. The Morgan fingerprint density at radius 2 is 2.00 bits per heavy atom. The van der Waals surface area contributed by atoms with Crippen LogP contribution in [-0.2, 0) is 4.79 Å². The number of carbonyl (C=O) groups is 1. The van der Waals surface area contributed by atoms with Crippen molar-refractivity contribution >= 4 is 11.7 Å². The molecule has 3 fully saturated rings. The summed E-state index contributed by atoms with van der Waals surface area (Å²) in [6.07, 6.45) is 4.70. The fourth-order valence-electron chi connectivity index (χ4n) is 5.13. The number of rotatable bonds is 5. The smallest absolute Gasteiger partial charge is 0.402 e. The minimum atomic E-state index is -4.84. The predicted molar refractivity (Wildman–Crippen MR) is 106 cm³/mol. The molecule has 0 aromatic carbocycles. The van der Waals surface area contributed by atoms with Gasteiger partial charge in [0.2, 0.25) is 5.91 Å². The highest BCUT2D eigenvalue weighted by Crippen LogP contribution is 2.61. The first-order chi connectivity index (χ1) is 14.6. The second-order valence-corrected chi connectivity index (χ2v) is 9.19. The molecule has 0 unspecified atom stereocenters. The molecule has 10 heteroatoms. The van der Waals surface area contributed by atoms with E-state index < -0.39 is 12.1 Å². The molecule has 1 spiro atoms. The van der Waals surface area contributed by atoms with Crippen LogP contribution in [0.2, 0.25) is 0 Å². The highest BCUT2D eigenvalue weighted by atomic mass is 19.4. The monoisotopic (exact) mass is 435 g/mol. The Hall–Kier alpha value is -2.78. The maximum atomic E-state index is 12.7. The third kappa shape index (κ3) is 3.95. The lowest BCUT2D eigenvalue weighted by Crippen LogP contribution is -2.56. The normalized spacial score (nSPS) is 27.5. The molecule has 0 radical (unpaired) electrons. The van der Waals surface area contributed by atoms with E-state index in [0.717, 1.165) is 44.3 Å². The average molecular weight is 435 g/mol. The number of halogens is 3. The van der Waals surface area contributed by atoms with E-state index in [1.807, 2.05) is 6.20 Å². The number of nitrogens with zero attached hydrogens (tertiary/aromatic N) is 3. The average Bonchev–Trinajstić information content (AvgIpc) is 3.36. The molecule has 7 nitrogen and oxygen atoms in total. The molecule has 0 saturated heterocycles. The number of alkyl halides is 3. The van der Waals surface area contributed by atoms with Gasteiger partial charge in [-0.25, -0.2) is 9.97 Å². The summed E-state index contributed by atoms with van der Waals surface area (Å²) in [6.45, 7) is 1.54. The number of nitrogens with two attached hydrogens (primary N) is 1. The van der Waals surface area contributed by atoms with Gasteiger partial charge in [-0.1, -0.05) is 0 Å². The Morgan fingerprint density at radius 3 is 2.61 bits per heavy atom. The van der Waals surface area contributed by atoms with Gasteiger partial charge < -0.3 is 20.4 Å². The van der Waals surface area contributed by atoms with E-state index in [-0.39, 0.29) is 17.8 Å². The molecule has 166 valence electrons. The van der Waals surface area contributed by atoms with Crippen molar-refractivity contribution in [2.75, 3.05) is 5.73 Å². The number of pyridine rings is 1. The van der Waals surface area contributed by atoms with Crippen LogP contribution in [0.15, 0.2) is 18.5 Å². The lowest BCUT2D eigenvalue weighted by atomic mass is 9.52. The summed E-state index contributed by atoms with van der Waals surface area (Å²) in [6, 6.07) is 1.83. The van der Waals surface area contributed by atoms with Crippen molar-refractivity contribution < 1.29 is 22.7 Å². The third-order valence-electron chi connectivity index (χ3n) is 6.60. The van der Waals surface area contributed by atoms with E-state index >= 15 is 0 Å². The van der Waals surface area contributed by atoms with Crippen LogP contribution in [-0.4, -0.2) is 32.8 Å². The van der Waals surface area contributed by atoms with Crippen LogP contribution in [0.4, 0.5) is 19.0 Å². The van der Waals surface area contributed by atoms with Crippen molar-refractivity contribution in [3.8, 4) is 17.0 Å². The molecule has 31 heavy (non-hydrogen) atoms. The first-order valence-electron chi connectivity index (χ1n) is 10.5. The zero-order valence-electron chi connectivity index (χ0n) is 17.1. The Kier molecular flexibility index (Phi) is 4.46. The summed E-state index contributed by atoms with van der Waals surface area (Å²) >= 11 is 0. The van der Waals surface area contributed by atoms with Gasteiger partial charge in [-0.15, -0.1) is 13.2 Å². The fraction of sp³-hybridized carbons (Fsp3) is 0.571. The molecule has 2 heterocycles. The number of nitrogen functional groups attached to an aromatic ring is 1. The summed E-state index contributed by atoms with van der Waals surface area (Å²) in [7, 11) is 0. The van der Waals surface area contributed by atoms with Crippen molar-refractivity contribution in [2.24, 2.45) is 5.41 Å². The maximum Gasteiger partial charge on any atom is 0.573 e. The Labute approximate surface area is 177 Å². The van der Waals surface area contributed by atoms with E-state index in [0.29, 0.717) is 28.6 Å². The number of anilines is 1. The van der Waals surface area contributed by atoms with Gasteiger partial charge in [-0.2, -0.15) is 0 Å². The molecule has 2 aromatic rings. The summed E-state index contributed by atoms with van der Waals surface area (Å²) < 4.78 is 44.2. The molecule has 5 rings (SSSR count). The molecule has 3 saturated carbocycles. The number of hydrogen-bond donors (Lipinski definition) is 2. The van der Waals surface area contributed by atoms with Gasteiger partial charge in [0, 0.05) is 42.9 Å². The molecule has 0 aliphatic heterocycles. The summed E-state index contributed by atoms with van der Waals surface area (Å²) in [5, 5.41) is 2.98. The minimum Gasteiger partial charge on any atom is -0.402 e. The largest absolute Gasteiger partial charge is 0.573 e. The molecule has 2 aromatic heterocycles. The summed E-state index contributed by atoms with van der Waals surface area (Å²) in [4.78, 5) is 19.8. The van der Waals surface area contributed by atoms with E-state index in [2.05, 4.69) is 19.6 Å². The standard InChI is InChI=1S/C21H24F3N5O2/c1-11(30)27-14-5-20(6-14)7-15(8-20)29-10-16(28-19(29)12-2-3-12)13-4-17(18(25)26-9-13)31-21(22,23)24/h4,9-10,12,14-15H,2-3,5-8H2,1H3,(H2,25,26)(H,27,30). The van der Waals surface area contributed by atoms with Gasteiger partial charge in [0.25, 0.3) is 0 Å². The topological polar surface area (TPSA) is 95.1 Å². The van der Waals surface area contributed by atoms with Gasteiger partial charge in [0.15, 0.2) is 11.6 Å².